The van der Waals surface area contributed by atoms with Crippen LogP contribution >= 0.6 is 0 Å². The minimum absolute atomic E-state index is 0.110. The van der Waals surface area contributed by atoms with Crippen LogP contribution < -0.4 is 0 Å². The Morgan fingerprint density at radius 2 is 1.83 bits per heavy atom. The molecule has 4 saturated carbocycles. The number of hydrogen-bond acceptors (Lipinski definition) is 2. The van der Waals surface area contributed by atoms with Gasteiger partial charge in [-0.25, -0.2) is 0 Å². The molecule has 5 unspecified atom stereocenters. The number of hydrogen-bond donors (Lipinski definition) is 1. The van der Waals surface area contributed by atoms with Crippen molar-refractivity contribution in [3.05, 3.63) is 0 Å². The van der Waals surface area contributed by atoms with E-state index in [4.69, 9.17) is 0 Å². The lowest BCUT2D eigenvalue weighted by molar-refractivity contribution is -0.157. The van der Waals surface area contributed by atoms with Gasteiger partial charge in [0.2, 0.25) is 0 Å². The SMILES string of the molecule is CC1(C=O)CCCC2(C)[C@@H]1CCC13CC(CC[C@H]12)C(C(=O)O)C3. The van der Waals surface area contributed by atoms with Gasteiger partial charge in [-0.1, -0.05) is 20.3 Å². The fourth-order valence-corrected chi connectivity index (χ4v) is 7.92. The Hall–Kier alpha value is -0.860. The van der Waals surface area contributed by atoms with E-state index in [0.717, 1.165) is 44.9 Å². The van der Waals surface area contributed by atoms with Crippen LogP contribution in [0.3, 0.4) is 0 Å². The quantitative estimate of drug-likeness (QED) is 0.772. The van der Waals surface area contributed by atoms with Crippen molar-refractivity contribution in [3.63, 3.8) is 0 Å². The first kappa shape index (κ1) is 15.7. The molecule has 0 aromatic carbocycles. The summed E-state index contributed by atoms with van der Waals surface area (Å²) >= 11 is 0. The maximum atomic E-state index is 11.9. The molecule has 128 valence electrons. The van der Waals surface area contributed by atoms with Gasteiger partial charge in [0.25, 0.3) is 0 Å². The highest BCUT2D eigenvalue weighted by Crippen LogP contribution is 2.72. The average Bonchev–Trinajstić information content (AvgIpc) is 2.78. The van der Waals surface area contributed by atoms with Gasteiger partial charge in [-0.2, -0.15) is 0 Å². The van der Waals surface area contributed by atoms with Crippen LogP contribution in [0.1, 0.15) is 71.6 Å². The fourth-order valence-electron chi connectivity index (χ4n) is 7.92. The molecule has 2 bridgehead atoms. The van der Waals surface area contributed by atoms with Crippen LogP contribution in [-0.4, -0.2) is 17.4 Å². The Labute approximate surface area is 139 Å². The third-order valence-electron chi connectivity index (χ3n) is 8.77. The van der Waals surface area contributed by atoms with Crippen LogP contribution in [0.5, 0.6) is 0 Å². The van der Waals surface area contributed by atoms with Crippen LogP contribution in [0.2, 0.25) is 0 Å². The monoisotopic (exact) mass is 318 g/mol. The zero-order valence-corrected chi connectivity index (χ0v) is 14.5. The Balaban J connectivity index is 1.71. The molecule has 7 atom stereocenters. The van der Waals surface area contributed by atoms with Gasteiger partial charge in [0.15, 0.2) is 0 Å². The molecule has 4 fully saturated rings. The van der Waals surface area contributed by atoms with Gasteiger partial charge in [-0.3, -0.25) is 4.79 Å². The van der Waals surface area contributed by atoms with Crippen molar-refractivity contribution in [2.75, 3.05) is 0 Å². The molecule has 3 heteroatoms. The summed E-state index contributed by atoms with van der Waals surface area (Å²) in [7, 11) is 0. The molecule has 4 rings (SSSR count). The number of aldehydes is 1. The smallest absolute Gasteiger partial charge is 0.306 e. The number of carbonyl (C=O) groups excluding carboxylic acids is 1. The van der Waals surface area contributed by atoms with Crippen LogP contribution in [0.15, 0.2) is 0 Å². The highest BCUT2D eigenvalue weighted by Gasteiger charge is 2.65. The van der Waals surface area contributed by atoms with Gasteiger partial charge in [0.1, 0.15) is 6.29 Å². The topological polar surface area (TPSA) is 54.4 Å². The van der Waals surface area contributed by atoms with E-state index in [9.17, 15) is 14.7 Å². The van der Waals surface area contributed by atoms with Crippen molar-refractivity contribution < 1.29 is 14.7 Å². The molecular formula is C20H30O3. The first-order valence-electron chi connectivity index (χ1n) is 9.54. The van der Waals surface area contributed by atoms with E-state index in [-0.39, 0.29) is 22.2 Å². The highest BCUT2D eigenvalue weighted by atomic mass is 16.4. The van der Waals surface area contributed by atoms with E-state index in [0.29, 0.717) is 17.8 Å². The number of carboxylic acids is 1. The standard InChI is InChI=1S/C20H30O3/c1-18(12-21)7-3-8-19(2)15(18)6-9-20-10-13(4-5-16(19)20)14(11-20)17(22)23/h12-16H,3-11H2,1-2H3,(H,22,23)/t13?,14?,15-,16+,18?,19?,20?/m1/s1. The van der Waals surface area contributed by atoms with E-state index in [1.807, 2.05) is 0 Å². The predicted octanol–water partition coefficient (Wildman–Crippen LogP) is 4.30. The molecular weight excluding hydrogens is 288 g/mol. The van der Waals surface area contributed by atoms with Crippen molar-refractivity contribution in [1.82, 2.24) is 0 Å². The molecule has 0 saturated heterocycles. The van der Waals surface area contributed by atoms with Gasteiger partial charge >= 0.3 is 5.97 Å². The first-order valence-corrected chi connectivity index (χ1v) is 9.54. The van der Waals surface area contributed by atoms with Crippen molar-refractivity contribution in [1.29, 1.82) is 0 Å². The van der Waals surface area contributed by atoms with E-state index >= 15 is 0 Å². The largest absolute Gasteiger partial charge is 0.481 e. The number of fused-ring (bicyclic) bond motifs is 3. The summed E-state index contributed by atoms with van der Waals surface area (Å²) < 4.78 is 0. The lowest BCUT2D eigenvalue weighted by Crippen LogP contribution is -2.56. The number of carboxylic acid groups (broad SMARTS) is 1. The summed E-state index contributed by atoms with van der Waals surface area (Å²) in [5.41, 5.74) is 0.346. The molecule has 0 amide bonds. The first-order chi connectivity index (χ1) is 10.8. The Kier molecular flexibility index (Phi) is 3.29. The van der Waals surface area contributed by atoms with Crippen molar-refractivity contribution in [2.24, 2.45) is 39.9 Å². The number of aliphatic carboxylic acids is 1. The minimum atomic E-state index is -0.568. The summed E-state index contributed by atoms with van der Waals surface area (Å²) in [6.07, 6.45) is 11.3. The van der Waals surface area contributed by atoms with E-state index < -0.39 is 5.97 Å². The summed E-state index contributed by atoms with van der Waals surface area (Å²) in [5, 5.41) is 9.62. The Morgan fingerprint density at radius 1 is 1.04 bits per heavy atom. The Bertz CT molecular complexity index is 543. The lowest BCUT2D eigenvalue weighted by Gasteiger charge is -2.63. The van der Waals surface area contributed by atoms with E-state index in [1.54, 1.807) is 0 Å². The second-order valence-electron chi connectivity index (χ2n) is 9.68. The summed E-state index contributed by atoms with van der Waals surface area (Å²) in [4.78, 5) is 23.5. The van der Waals surface area contributed by atoms with Gasteiger partial charge < -0.3 is 9.90 Å². The van der Waals surface area contributed by atoms with Crippen LogP contribution in [-0.2, 0) is 9.59 Å². The second-order valence-corrected chi connectivity index (χ2v) is 9.68. The van der Waals surface area contributed by atoms with E-state index in [2.05, 4.69) is 13.8 Å². The molecule has 0 radical (unpaired) electrons. The predicted molar refractivity (Wildman–Crippen MR) is 87.9 cm³/mol. The molecule has 0 aromatic heterocycles. The number of rotatable bonds is 2. The molecule has 1 N–H and O–H groups in total. The average molecular weight is 318 g/mol. The molecule has 4 aliphatic rings. The fraction of sp³-hybridized carbons (Fsp3) is 0.900. The number of carbonyl (C=O) groups is 2. The van der Waals surface area contributed by atoms with Crippen molar-refractivity contribution in [2.45, 2.75) is 71.6 Å². The zero-order chi connectivity index (χ0) is 16.5. The summed E-state index contributed by atoms with van der Waals surface area (Å²) in [6, 6.07) is 0. The third kappa shape index (κ3) is 1.94. The van der Waals surface area contributed by atoms with Crippen molar-refractivity contribution in [3.8, 4) is 0 Å². The van der Waals surface area contributed by atoms with Crippen LogP contribution in [0, 0.1) is 39.9 Å². The van der Waals surface area contributed by atoms with Crippen LogP contribution in [0.4, 0.5) is 0 Å². The third-order valence-corrected chi connectivity index (χ3v) is 8.77. The van der Waals surface area contributed by atoms with Crippen LogP contribution in [0.25, 0.3) is 0 Å². The summed E-state index contributed by atoms with van der Waals surface area (Å²) in [6.45, 7) is 4.62. The maximum absolute atomic E-state index is 11.9. The lowest BCUT2D eigenvalue weighted by atomic mass is 9.41. The normalized spacial score (nSPS) is 54.9. The summed E-state index contributed by atoms with van der Waals surface area (Å²) in [5.74, 6) is 0.860. The van der Waals surface area contributed by atoms with Gasteiger partial charge in [0.05, 0.1) is 5.92 Å². The highest BCUT2D eigenvalue weighted by molar-refractivity contribution is 5.71. The zero-order valence-electron chi connectivity index (χ0n) is 14.5. The molecule has 0 heterocycles. The van der Waals surface area contributed by atoms with Gasteiger partial charge in [0, 0.05) is 5.41 Å². The molecule has 1 spiro atoms. The van der Waals surface area contributed by atoms with E-state index in [1.165, 1.54) is 19.1 Å². The molecule has 3 nitrogen and oxygen atoms in total. The van der Waals surface area contributed by atoms with Gasteiger partial charge in [-0.15, -0.1) is 0 Å². The Morgan fingerprint density at radius 3 is 2.52 bits per heavy atom. The molecule has 4 aliphatic carbocycles. The molecule has 0 aromatic rings. The maximum Gasteiger partial charge on any atom is 0.306 e. The van der Waals surface area contributed by atoms with Gasteiger partial charge in [-0.05, 0) is 80.0 Å². The molecule has 0 aliphatic heterocycles. The molecule has 23 heavy (non-hydrogen) atoms. The van der Waals surface area contributed by atoms with Crippen molar-refractivity contribution >= 4 is 12.3 Å². The second kappa shape index (κ2) is 4.83. The minimum Gasteiger partial charge on any atom is -0.481 e.